The lowest BCUT2D eigenvalue weighted by atomic mass is 10.3. The van der Waals surface area contributed by atoms with Crippen molar-refractivity contribution >= 4 is 0 Å². The van der Waals surface area contributed by atoms with E-state index in [0.717, 1.165) is 19.6 Å². The minimum atomic E-state index is 0.0801. The van der Waals surface area contributed by atoms with Crippen LogP contribution in [0.1, 0.15) is 13.3 Å². The van der Waals surface area contributed by atoms with Crippen molar-refractivity contribution in [1.82, 2.24) is 0 Å². The molecule has 0 aliphatic carbocycles. The Labute approximate surface area is 57.2 Å². The molecule has 0 bridgehead atoms. The lowest BCUT2D eigenvalue weighted by Gasteiger charge is -2.07. The maximum atomic E-state index is 5.09. The summed E-state index contributed by atoms with van der Waals surface area (Å²) in [6, 6.07) is 0. The Kier molecular flexibility index (Phi) is 5.99. The van der Waals surface area contributed by atoms with Gasteiger partial charge >= 0.3 is 0 Å². The van der Waals surface area contributed by atoms with Crippen LogP contribution in [-0.4, -0.2) is 26.4 Å². The lowest BCUT2D eigenvalue weighted by molar-refractivity contribution is 0.0789. The predicted octanol–water partition coefficient (Wildman–Crippen LogP) is 1.26. The van der Waals surface area contributed by atoms with Crippen LogP contribution in [0.25, 0.3) is 0 Å². The zero-order valence-corrected chi connectivity index (χ0v) is 6.22. The second-order valence-corrected chi connectivity index (χ2v) is 1.84. The SMILES string of the molecule is [CH2]C(CCOCC)OC. The second-order valence-electron chi connectivity index (χ2n) is 1.84. The molecule has 1 unspecified atom stereocenters. The molecule has 0 saturated heterocycles. The highest BCUT2D eigenvalue weighted by atomic mass is 16.5. The first kappa shape index (κ1) is 8.92. The Morgan fingerprint density at radius 3 is 2.67 bits per heavy atom. The Morgan fingerprint density at radius 1 is 1.56 bits per heavy atom. The first-order valence-electron chi connectivity index (χ1n) is 3.24. The standard InChI is InChI=1S/C7H15O2/c1-4-9-6-5-7(2)8-3/h7H,2,4-6H2,1,3H3. The molecule has 0 aliphatic heterocycles. The van der Waals surface area contributed by atoms with E-state index < -0.39 is 0 Å². The molecule has 0 rings (SSSR count). The van der Waals surface area contributed by atoms with Crippen molar-refractivity contribution in [2.75, 3.05) is 20.3 Å². The molecule has 1 atom stereocenters. The number of hydrogen-bond acceptors (Lipinski definition) is 2. The van der Waals surface area contributed by atoms with Gasteiger partial charge in [-0.2, -0.15) is 0 Å². The van der Waals surface area contributed by atoms with Crippen molar-refractivity contribution in [3.63, 3.8) is 0 Å². The summed E-state index contributed by atoms with van der Waals surface area (Å²) in [4.78, 5) is 0. The van der Waals surface area contributed by atoms with Gasteiger partial charge in [0.25, 0.3) is 0 Å². The Bertz CT molecular complexity index is 54.9. The van der Waals surface area contributed by atoms with E-state index in [9.17, 15) is 0 Å². The summed E-state index contributed by atoms with van der Waals surface area (Å²) >= 11 is 0. The van der Waals surface area contributed by atoms with Crippen LogP contribution >= 0.6 is 0 Å². The Morgan fingerprint density at radius 2 is 2.22 bits per heavy atom. The summed E-state index contributed by atoms with van der Waals surface area (Å²) in [5.74, 6) is 0. The normalized spacial score (nSPS) is 13.7. The van der Waals surface area contributed by atoms with E-state index in [-0.39, 0.29) is 6.10 Å². The predicted molar refractivity (Wildman–Crippen MR) is 37.3 cm³/mol. The largest absolute Gasteiger partial charge is 0.382 e. The summed E-state index contributed by atoms with van der Waals surface area (Å²) in [7, 11) is 1.66. The van der Waals surface area contributed by atoms with Crippen molar-refractivity contribution in [2.45, 2.75) is 19.4 Å². The van der Waals surface area contributed by atoms with Gasteiger partial charge in [0.15, 0.2) is 0 Å². The third-order valence-electron chi connectivity index (χ3n) is 1.12. The van der Waals surface area contributed by atoms with Gasteiger partial charge in [-0.05, 0) is 20.3 Å². The van der Waals surface area contributed by atoms with Crippen LogP contribution in [0.4, 0.5) is 0 Å². The number of ether oxygens (including phenoxy) is 2. The smallest absolute Gasteiger partial charge is 0.0594 e. The fourth-order valence-corrected chi connectivity index (χ4v) is 0.477. The van der Waals surface area contributed by atoms with Crippen LogP contribution in [0.3, 0.4) is 0 Å². The summed E-state index contributed by atoms with van der Waals surface area (Å²) in [5, 5.41) is 0. The van der Waals surface area contributed by atoms with Gasteiger partial charge < -0.3 is 9.47 Å². The molecule has 0 aromatic rings. The third-order valence-corrected chi connectivity index (χ3v) is 1.12. The number of rotatable bonds is 5. The fourth-order valence-electron chi connectivity index (χ4n) is 0.477. The molecule has 9 heavy (non-hydrogen) atoms. The van der Waals surface area contributed by atoms with Gasteiger partial charge in [0.05, 0.1) is 6.10 Å². The van der Waals surface area contributed by atoms with Crippen LogP contribution in [0.5, 0.6) is 0 Å². The maximum Gasteiger partial charge on any atom is 0.0594 e. The highest BCUT2D eigenvalue weighted by molar-refractivity contribution is 4.57. The monoisotopic (exact) mass is 131 g/mol. The van der Waals surface area contributed by atoms with Crippen LogP contribution in [0, 0.1) is 6.92 Å². The van der Waals surface area contributed by atoms with Crippen LogP contribution in [0.2, 0.25) is 0 Å². The van der Waals surface area contributed by atoms with Gasteiger partial charge in [-0.1, -0.05) is 0 Å². The molecule has 2 nitrogen and oxygen atoms in total. The zero-order chi connectivity index (χ0) is 7.11. The molecule has 0 heterocycles. The van der Waals surface area contributed by atoms with Crippen LogP contribution in [0.15, 0.2) is 0 Å². The molecule has 0 fully saturated rings. The Hall–Kier alpha value is -0.0800. The van der Waals surface area contributed by atoms with E-state index in [1.165, 1.54) is 0 Å². The van der Waals surface area contributed by atoms with E-state index in [0.29, 0.717) is 0 Å². The zero-order valence-electron chi connectivity index (χ0n) is 6.22. The number of methoxy groups -OCH3 is 1. The minimum absolute atomic E-state index is 0.0801. The first-order chi connectivity index (χ1) is 4.31. The van der Waals surface area contributed by atoms with E-state index in [2.05, 4.69) is 6.92 Å². The second kappa shape index (κ2) is 6.05. The molecular weight excluding hydrogens is 116 g/mol. The van der Waals surface area contributed by atoms with Gasteiger partial charge in [0, 0.05) is 20.3 Å². The summed E-state index contributed by atoms with van der Waals surface area (Å²) < 4.78 is 9.99. The summed E-state index contributed by atoms with van der Waals surface area (Å²) in [6.07, 6.45) is 0.959. The van der Waals surface area contributed by atoms with Crippen LogP contribution in [-0.2, 0) is 9.47 Å². The average Bonchev–Trinajstić information content (AvgIpc) is 1.89. The van der Waals surface area contributed by atoms with E-state index in [4.69, 9.17) is 9.47 Å². The average molecular weight is 131 g/mol. The van der Waals surface area contributed by atoms with E-state index in [1.54, 1.807) is 7.11 Å². The lowest BCUT2D eigenvalue weighted by Crippen LogP contribution is -2.08. The van der Waals surface area contributed by atoms with E-state index >= 15 is 0 Å². The van der Waals surface area contributed by atoms with Crippen molar-refractivity contribution in [3.8, 4) is 0 Å². The van der Waals surface area contributed by atoms with Crippen molar-refractivity contribution in [2.24, 2.45) is 0 Å². The van der Waals surface area contributed by atoms with Gasteiger partial charge in [0.1, 0.15) is 0 Å². The van der Waals surface area contributed by atoms with Gasteiger partial charge in [-0.25, -0.2) is 0 Å². The van der Waals surface area contributed by atoms with Gasteiger partial charge in [0.2, 0.25) is 0 Å². The molecule has 2 heteroatoms. The van der Waals surface area contributed by atoms with Crippen molar-refractivity contribution in [1.29, 1.82) is 0 Å². The fraction of sp³-hybridized carbons (Fsp3) is 0.857. The number of hydrogen-bond donors (Lipinski definition) is 0. The third kappa shape index (κ3) is 5.80. The molecule has 0 spiro atoms. The molecule has 55 valence electrons. The Balaban J connectivity index is 2.88. The highest BCUT2D eigenvalue weighted by Crippen LogP contribution is 1.93. The van der Waals surface area contributed by atoms with Crippen molar-refractivity contribution < 1.29 is 9.47 Å². The molecule has 0 aromatic heterocycles. The van der Waals surface area contributed by atoms with Crippen LogP contribution < -0.4 is 0 Å². The molecule has 0 aliphatic rings. The molecule has 1 radical (unpaired) electrons. The maximum absolute atomic E-state index is 5.09. The van der Waals surface area contributed by atoms with E-state index in [1.807, 2.05) is 6.92 Å². The molecule has 0 saturated carbocycles. The van der Waals surface area contributed by atoms with Gasteiger partial charge in [-0.15, -0.1) is 0 Å². The molecule has 0 amide bonds. The highest BCUT2D eigenvalue weighted by Gasteiger charge is 1.96. The summed E-state index contributed by atoms with van der Waals surface area (Å²) in [5.41, 5.74) is 0. The molecule has 0 N–H and O–H groups in total. The molecule has 0 aromatic carbocycles. The topological polar surface area (TPSA) is 18.5 Å². The van der Waals surface area contributed by atoms with Crippen molar-refractivity contribution in [3.05, 3.63) is 6.92 Å². The first-order valence-corrected chi connectivity index (χ1v) is 3.24. The van der Waals surface area contributed by atoms with Gasteiger partial charge in [-0.3, -0.25) is 0 Å². The molecular formula is C7H15O2. The summed E-state index contributed by atoms with van der Waals surface area (Å²) in [6.45, 7) is 7.23. The quantitative estimate of drug-likeness (QED) is 0.523. The minimum Gasteiger partial charge on any atom is -0.382 e.